The predicted octanol–water partition coefficient (Wildman–Crippen LogP) is 1.48. The Morgan fingerprint density at radius 3 is 2.24 bits per heavy atom. The quantitative estimate of drug-likeness (QED) is 0.751. The van der Waals surface area contributed by atoms with Crippen LogP contribution in [0.5, 0.6) is 0 Å². The Labute approximate surface area is 111 Å². The summed E-state index contributed by atoms with van der Waals surface area (Å²) in [4.78, 5) is 5.10. The minimum absolute atomic E-state index is 0.367. The number of likely N-dealkylation sites (N-methyl/N-ethyl adjacent to an activating group) is 1. The van der Waals surface area contributed by atoms with Crippen molar-refractivity contribution < 1.29 is 0 Å². The van der Waals surface area contributed by atoms with E-state index in [-0.39, 0.29) is 0 Å². The zero-order chi connectivity index (χ0) is 12.7. The monoisotopic (exact) mass is 259 g/mol. The van der Waals surface area contributed by atoms with Crippen LogP contribution in [0.4, 0.5) is 0 Å². The highest BCUT2D eigenvalue weighted by Crippen LogP contribution is 2.33. The number of hydrogen-bond donors (Lipinski definition) is 1. The topological polar surface area (TPSA) is 32.5 Å². The lowest BCUT2D eigenvalue weighted by molar-refractivity contribution is 0.172. The molecular formula is C13H29N3S. The van der Waals surface area contributed by atoms with E-state index < -0.39 is 0 Å². The molecule has 102 valence electrons. The van der Waals surface area contributed by atoms with E-state index in [4.69, 9.17) is 5.73 Å². The van der Waals surface area contributed by atoms with Crippen molar-refractivity contribution in [3.8, 4) is 0 Å². The minimum Gasteiger partial charge on any atom is -0.329 e. The van der Waals surface area contributed by atoms with E-state index in [0.29, 0.717) is 4.75 Å². The molecule has 1 heterocycles. The van der Waals surface area contributed by atoms with Gasteiger partial charge in [-0.1, -0.05) is 13.8 Å². The smallest absolute Gasteiger partial charge is 0.0303 e. The highest BCUT2D eigenvalue weighted by atomic mass is 32.2. The van der Waals surface area contributed by atoms with Gasteiger partial charge >= 0.3 is 0 Å². The fourth-order valence-corrected chi connectivity index (χ4v) is 3.26. The molecule has 1 fully saturated rings. The van der Waals surface area contributed by atoms with Crippen LogP contribution in [0.15, 0.2) is 0 Å². The molecule has 4 heteroatoms. The van der Waals surface area contributed by atoms with E-state index in [9.17, 15) is 0 Å². The molecule has 0 aromatic carbocycles. The van der Waals surface area contributed by atoms with Crippen molar-refractivity contribution in [3.63, 3.8) is 0 Å². The van der Waals surface area contributed by atoms with Gasteiger partial charge in [-0.05, 0) is 45.3 Å². The van der Waals surface area contributed by atoms with Crippen LogP contribution < -0.4 is 5.73 Å². The van der Waals surface area contributed by atoms with E-state index in [1.54, 1.807) is 0 Å². The molecule has 2 N–H and O–H groups in total. The molecule has 0 bridgehead atoms. The van der Waals surface area contributed by atoms with Gasteiger partial charge in [-0.25, -0.2) is 0 Å². The van der Waals surface area contributed by atoms with Crippen LogP contribution in [0.25, 0.3) is 0 Å². The van der Waals surface area contributed by atoms with Crippen molar-refractivity contribution in [3.05, 3.63) is 0 Å². The van der Waals surface area contributed by atoms with E-state index in [1.165, 1.54) is 52.1 Å². The summed E-state index contributed by atoms with van der Waals surface area (Å²) in [7, 11) is 0. The third-order valence-electron chi connectivity index (χ3n) is 4.20. The Balaban J connectivity index is 2.27. The van der Waals surface area contributed by atoms with Gasteiger partial charge in [0.15, 0.2) is 0 Å². The summed E-state index contributed by atoms with van der Waals surface area (Å²) in [6.45, 7) is 12.5. The fraction of sp³-hybridized carbons (Fsp3) is 1.00. The summed E-state index contributed by atoms with van der Waals surface area (Å²) < 4.78 is 0.367. The number of likely N-dealkylation sites (tertiary alicyclic amines) is 1. The summed E-state index contributed by atoms with van der Waals surface area (Å²) in [5.74, 6) is 0. The largest absolute Gasteiger partial charge is 0.329 e. The van der Waals surface area contributed by atoms with Gasteiger partial charge in [0.05, 0.1) is 0 Å². The standard InChI is InChI=1S/C13H29N3S/c1-4-15(5-2)10-11-16-8-6-13(12-14,17-3)7-9-16/h4-12,14H2,1-3H3. The summed E-state index contributed by atoms with van der Waals surface area (Å²) in [5.41, 5.74) is 5.91. The molecule has 0 spiro atoms. The van der Waals surface area contributed by atoms with E-state index in [0.717, 1.165) is 6.54 Å². The zero-order valence-corrected chi connectivity index (χ0v) is 12.6. The molecule has 0 radical (unpaired) electrons. The number of thioether (sulfide) groups is 1. The summed E-state index contributed by atoms with van der Waals surface area (Å²) in [6, 6.07) is 0. The van der Waals surface area contributed by atoms with Crippen LogP contribution in [0.3, 0.4) is 0 Å². The summed E-state index contributed by atoms with van der Waals surface area (Å²) in [5, 5.41) is 0. The Hall–Kier alpha value is 0.230. The van der Waals surface area contributed by atoms with E-state index >= 15 is 0 Å². The van der Waals surface area contributed by atoms with Crippen LogP contribution in [0, 0.1) is 0 Å². The van der Waals surface area contributed by atoms with Gasteiger partial charge < -0.3 is 15.5 Å². The number of nitrogens with zero attached hydrogens (tertiary/aromatic N) is 2. The Kier molecular flexibility index (Phi) is 6.85. The third kappa shape index (κ3) is 4.43. The van der Waals surface area contributed by atoms with Gasteiger partial charge in [0.25, 0.3) is 0 Å². The maximum absolute atomic E-state index is 5.91. The van der Waals surface area contributed by atoms with Crippen molar-refractivity contribution in [1.29, 1.82) is 0 Å². The number of piperidine rings is 1. The van der Waals surface area contributed by atoms with Crippen molar-refractivity contribution in [2.24, 2.45) is 5.73 Å². The minimum atomic E-state index is 0.367. The van der Waals surface area contributed by atoms with E-state index in [2.05, 4.69) is 29.9 Å². The van der Waals surface area contributed by atoms with Gasteiger partial charge in [-0.3, -0.25) is 0 Å². The van der Waals surface area contributed by atoms with E-state index in [1.807, 2.05) is 11.8 Å². The first-order valence-electron chi connectivity index (χ1n) is 6.89. The highest BCUT2D eigenvalue weighted by molar-refractivity contribution is 8.00. The second-order valence-corrected chi connectivity index (χ2v) is 6.23. The van der Waals surface area contributed by atoms with Gasteiger partial charge in [0, 0.05) is 24.4 Å². The zero-order valence-electron chi connectivity index (χ0n) is 11.7. The Bertz CT molecular complexity index is 190. The second kappa shape index (κ2) is 7.62. The molecule has 0 aromatic heterocycles. The molecule has 0 saturated carbocycles. The van der Waals surface area contributed by atoms with Crippen LogP contribution in [-0.2, 0) is 0 Å². The molecule has 0 aromatic rings. The number of rotatable bonds is 7. The van der Waals surface area contributed by atoms with Crippen molar-refractivity contribution in [2.45, 2.75) is 31.4 Å². The lowest BCUT2D eigenvalue weighted by Gasteiger charge is -2.40. The molecule has 0 unspecified atom stereocenters. The van der Waals surface area contributed by atoms with Crippen LogP contribution in [0.1, 0.15) is 26.7 Å². The maximum atomic E-state index is 5.91. The molecule has 1 aliphatic rings. The van der Waals surface area contributed by atoms with Crippen LogP contribution in [-0.4, -0.2) is 66.6 Å². The lowest BCUT2D eigenvalue weighted by atomic mass is 9.96. The first kappa shape index (κ1) is 15.3. The molecule has 1 rings (SSSR count). The van der Waals surface area contributed by atoms with Crippen molar-refractivity contribution in [1.82, 2.24) is 9.80 Å². The molecule has 0 atom stereocenters. The Morgan fingerprint density at radius 2 is 1.82 bits per heavy atom. The van der Waals surface area contributed by atoms with Gasteiger partial charge in [-0.2, -0.15) is 11.8 Å². The first-order chi connectivity index (χ1) is 8.19. The maximum Gasteiger partial charge on any atom is 0.0303 e. The summed E-state index contributed by atoms with van der Waals surface area (Å²) >= 11 is 1.97. The van der Waals surface area contributed by atoms with Gasteiger partial charge in [-0.15, -0.1) is 0 Å². The number of hydrogen-bond acceptors (Lipinski definition) is 4. The summed E-state index contributed by atoms with van der Waals surface area (Å²) in [6.07, 6.45) is 4.71. The highest BCUT2D eigenvalue weighted by Gasteiger charge is 2.32. The Morgan fingerprint density at radius 1 is 1.24 bits per heavy atom. The lowest BCUT2D eigenvalue weighted by Crippen LogP contribution is -2.48. The molecule has 3 nitrogen and oxygen atoms in total. The second-order valence-electron chi connectivity index (χ2n) is 4.96. The number of nitrogens with two attached hydrogens (primary N) is 1. The normalized spacial score (nSPS) is 21.0. The van der Waals surface area contributed by atoms with Crippen molar-refractivity contribution >= 4 is 11.8 Å². The molecule has 0 amide bonds. The van der Waals surface area contributed by atoms with Crippen LogP contribution >= 0.6 is 11.8 Å². The van der Waals surface area contributed by atoms with Crippen molar-refractivity contribution in [2.75, 3.05) is 52.1 Å². The van der Waals surface area contributed by atoms with Crippen LogP contribution in [0.2, 0.25) is 0 Å². The average Bonchev–Trinajstić information content (AvgIpc) is 2.41. The molecule has 17 heavy (non-hydrogen) atoms. The molecule has 0 aliphatic carbocycles. The predicted molar refractivity (Wildman–Crippen MR) is 78.8 cm³/mol. The molecule has 1 aliphatic heterocycles. The SMILES string of the molecule is CCN(CC)CCN1CCC(CN)(SC)CC1. The third-order valence-corrected chi connectivity index (χ3v) is 5.64. The van der Waals surface area contributed by atoms with Gasteiger partial charge in [0.1, 0.15) is 0 Å². The fourth-order valence-electron chi connectivity index (χ4n) is 2.50. The molecular weight excluding hydrogens is 230 g/mol. The average molecular weight is 259 g/mol. The first-order valence-corrected chi connectivity index (χ1v) is 8.12. The van der Waals surface area contributed by atoms with Gasteiger partial charge in [0.2, 0.25) is 0 Å². The molecule has 1 saturated heterocycles.